The van der Waals surface area contributed by atoms with E-state index in [-0.39, 0.29) is 18.8 Å². The van der Waals surface area contributed by atoms with Crippen molar-refractivity contribution in [1.29, 1.82) is 0 Å². The molecule has 0 bridgehead atoms. The van der Waals surface area contributed by atoms with Gasteiger partial charge < -0.3 is 24.1 Å². The second-order valence-corrected chi connectivity index (χ2v) is 7.12. The number of esters is 1. The summed E-state index contributed by atoms with van der Waals surface area (Å²) in [7, 11) is 1.26. The third-order valence-corrected chi connectivity index (χ3v) is 5.23. The Bertz CT molecular complexity index is 1200. The third-order valence-electron chi connectivity index (χ3n) is 5.23. The van der Waals surface area contributed by atoms with Crippen molar-refractivity contribution < 1.29 is 23.8 Å². The normalized spacial score (nSPS) is 13.1. The zero-order chi connectivity index (χ0) is 22.0. The second-order valence-electron chi connectivity index (χ2n) is 7.12. The minimum Gasteiger partial charge on any atom is -0.467 e. The third kappa shape index (κ3) is 3.96. The van der Waals surface area contributed by atoms with E-state index in [1.54, 1.807) is 16.7 Å². The molecule has 31 heavy (non-hydrogen) atoms. The van der Waals surface area contributed by atoms with Crippen molar-refractivity contribution in [3.05, 3.63) is 70.0 Å². The van der Waals surface area contributed by atoms with E-state index in [9.17, 15) is 14.4 Å². The van der Waals surface area contributed by atoms with Crippen LogP contribution < -0.4 is 20.2 Å². The number of aryl methyl sites for hydroxylation is 1. The number of carbonyl (C=O) groups is 2. The molecule has 1 aliphatic heterocycles. The molecule has 0 spiro atoms. The van der Waals surface area contributed by atoms with Gasteiger partial charge in [-0.2, -0.15) is 0 Å². The van der Waals surface area contributed by atoms with Crippen LogP contribution in [0.1, 0.15) is 22.8 Å². The number of fused-ring (bicyclic) bond motifs is 2. The molecule has 160 valence electrons. The van der Waals surface area contributed by atoms with E-state index < -0.39 is 23.3 Å². The van der Waals surface area contributed by atoms with Crippen LogP contribution in [0.5, 0.6) is 11.5 Å². The van der Waals surface area contributed by atoms with Crippen molar-refractivity contribution in [1.82, 2.24) is 9.88 Å². The van der Waals surface area contributed by atoms with Gasteiger partial charge in [0.15, 0.2) is 11.5 Å². The molecular weight excluding hydrogens is 400 g/mol. The van der Waals surface area contributed by atoms with E-state index in [1.807, 2.05) is 37.3 Å². The molecule has 0 saturated heterocycles. The first-order chi connectivity index (χ1) is 15.0. The minimum atomic E-state index is -0.929. The molecule has 3 aromatic rings. The highest BCUT2D eigenvalue weighted by molar-refractivity contribution is 5.99. The lowest BCUT2D eigenvalue weighted by Gasteiger charge is -2.18. The number of nitrogens with one attached hydrogen (secondary N) is 1. The van der Waals surface area contributed by atoms with Gasteiger partial charge in [0.25, 0.3) is 5.91 Å². The number of pyridine rings is 1. The zero-order valence-electron chi connectivity index (χ0n) is 17.2. The van der Waals surface area contributed by atoms with Gasteiger partial charge in [0.2, 0.25) is 12.2 Å². The quantitative estimate of drug-likeness (QED) is 0.613. The first-order valence-corrected chi connectivity index (χ1v) is 9.91. The summed E-state index contributed by atoms with van der Waals surface area (Å²) in [5.41, 5.74) is 0.992. The Kier molecular flexibility index (Phi) is 5.62. The standard InChI is InChI=1S/C23H22N2O6/c1-3-25-12-16(21(26)15-10-19-20(11-18(15)25)31-13-30-19)22(27)24-17(23(28)29-2)9-14-7-5-4-6-8-14/h4-8,10-12,17H,3,9,13H2,1-2H3,(H,24,27). The number of methoxy groups -OCH3 is 1. The number of ether oxygens (including phenoxy) is 3. The zero-order valence-corrected chi connectivity index (χ0v) is 17.2. The molecule has 2 heterocycles. The molecule has 0 saturated carbocycles. The lowest BCUT2D eigenvalue weighted by Crippen LogP contribution is -2.44. The fourth-order valence-electron chi connectivity index (χ4n) is 3.62. The van der Waals surface area contributed by atoms with Crippen LogP contribution in [0.4, 0.5) is 0 Å². The Morgan fingerprint density at radius 1 is 1.16 bits per heavy atom. The van der Waals surface area contributed by atoms with Gasteiger partial charge in [0.05, 0.1) is 18.0 Å². The van der Waals surface area contributed by atoms with E-state index >= 15 is 0 Å². The Hall–Kier alpha value is -3.81. The molecule has 8 nitrogen and oxygen atoms in total. The molecular formula is C23H22N2O6. The van der Waals surface area contributed by atoms with Crippen LogP contribution in [-0.4, -0.2) is 36.4 Å². The maximum Gasteiger partial charge on any atom is 0.328 e. The van der Waals surface area contributed by atoms with Crippen LogP contribution in [-0.2, 0) is 22.5 Å². The first-order valence-electron chi connectivity index (χ1n) is 9.91. The highest BCUT2D eigenvalue weighted by Gasteiger charge is 2.25. The summed E-state index contributed by atoms with van der Waals surface area (Å²) in [5, 5.41) is 3.00. The van der Waals surface area contributed by atoms with Crippen LogP contribution in [0, 0.1) is 0 Å². The molecule has 0 aliphatic carbocycles. The van der Waals surface area contributed by atoms with Crippen molar-refractivity contribution in [3.8, 4) is 11.5 Å². The first kappa shape index (κ1) is 20.5. The molecule has 2 aromatic carbocycles. The number of amides is 1. The summed E-state index contributed by atoms with van der Waals surface area (Å²) >= 11 is 0. The highest BCUT2D eigenvalue weighted by Crippen LogP contribution is 2.35. The van der Waals surface area contributed by atoms with Gasteiger partial charge >= 0.3 is 5.97 Å². The van der Waals surface area contributed by atoms with E-state index in [0.29, 0.717) is 28.9 Å². The van der Waals surface area contributed by atoms with E-state index in [1.165, 1.54) is 13.3 Å². The van der Waals surface area contributed by atoms with Gasteiger partial charge in [0.1, 0.15) is 11.6 Å². The summed E-state index contributed by atoms with van der Waals surface area (Å²) < 4.78 is 17.4. The maximum absolute atomic E-state index is 13.1. The Morgan fingerprint density at radius 2 is 1.87 bits per heavy atom. The molecule has 1 unspecified atom stereocenters. The van der Waals surface area contributed by atoms with Crippen molar-refractivity contribution in [2.75, 3.05) is 13.9 Å². The van der Waals surface area contributed by atoms with Crippen LogP contribution in [0.3, 0.4) is 0 Å². The molecule has 1 atom stereocenters. The van der Waals surface area contributed by atoms with E-state index in [4.69, 9.17) is 14.2 Å². The molecule has 1 aliphatic rings. The topological polar surface area (TPSA) is 95.9 Å². The van der Waals surface area contributed by atoms with Crippen LogP contribution in [0.25, 0.3) is 10.9 Å². The van der Waals surface area contributed by atoms with Gasteiger partial charge in [-0.15, -0.1) is 0 Å². The van der Waals surface area contributed by atoms with Crippen molar-refractivity contribution in [2.45, 2.75) is 25.9 Å². The highest BCUT2D eigenvalue weighted by atomic mass is 16.7. The van der Waals surface area contributed by atoms with Gasteiger partial charge in [0, 0.05) is 25.2 Å². The summed E-state index contributed by atoms with van der Waals surface area (Å²) in [4.78, 5) is 38.5. The molecule has 4 rings (SSSR count). The van der Waals surface area contributed by atoms with Gasteiger partial charge in [-0.05, 0) is 18.6 Å². The number of hydrogen-bond acceptors (Lipinski definition) is 6. The molecule has 0 radical (unpaired) electrons. The van der Waals surface area contributed by atoms with Gasteiger partial charge in [-0.25, -0.2) is 4.79 Å². The number of carbonyl (C=O) groups excluding carboxylic acids is 2. The number of hydrogen-bond donors (Lipinski definition) is 1. The van der Waals surface area contributed by atoms with E-state index in [0.717, 1.165) is 5.56 Å². The average Bonchev–Trinajstić information content (AvgIpc) is 3.25. The van der Waals surface area contributed by atoms with Crippen molar-refractivity contribution >= 4 is 22.8 Å². The molecule has 8 heteroatoms. The lowest BCUT2D eigenvalue weighted by molar-refractivity contribution is -0.142. The van der Waals surface area contributed by atoms with Crippen molar-refractivity contribution in [2.24, 2.45) is 0 Å². The Labute approximate surface area is 178 Å². The summed E-state index contributed by atoms with van der Waals surface area (Å²) in [6, 6.07) is 11.7. The van der Waals surface area contributed by atoms with Gasteiger partial charge in [-0.3, -0.25) is 9.59 Å². The number of benzene rings is 2. The Balaban J connectivity index is 1.70. The monoisotopic (exact) mass is 422 g/mol. The van der Waals surface area contributed by atoms with Crippen LogP contribution >= 0.6 is 0 Å². The largest absolute Gasteiger partial charge is 0.467 e. The number of rotatable bonds is 6. The maximum atomic E-state index is 13.1. The second kappa shape index (κ2) is 8.51. The van der Waals surface area contributed by atoms with Crippen LogP contribution in [0.15, 0.2) is 53.5 Å². The predicted octanol–water partition coefficient (Wildman–Crippen LogP) is 2.26. The molecule has 1 aromatic heterocycles. The SMILES string of the molecule is CCn1cc(C(=O)NC(Cc2ccccc2)C(=O)OC)c(=O)c2cc3c(cc21)OCO3. The summed E-state index contributed by atoms with van der Waals surface area (Å²) in [5.74, 6) is -0.212. The average molecular weight is 422 g/mol. The van der Waals surface area contributed by atoms with Crippen molar-refractivity contribution in [3.63, 3.8) is 0 Å². The molecule has 1 N–H and O–H groups in total. The van der Waals surface area contributed by atoms with Crippen LogP contribution in [0.2, 0.25) is 0 Å². The smallest absolute Gasteiger partial charge is 0.328 e. The number of nitrogens with zero attached hydrogens (tertiary/aromatic N) is 1. The Morgan fingerprint density at radius 3 is 2.55 bits per heavy atom. The summed E-state index contributed by atoms with van der Waals surface area (Å²) in [6.45, 7) is 2.52. The molecule has 0 fully saturated rings. The lowest BCUT2D eigenvalue weighted by atomic mass is 10.0. The summed E-state index contributed by atoms with van der Waals surface area (Å²) in [6.07, 6.45) is 1.74. The minimum absolute atomic E-state index is 0.0600. The predicted molar refractivity (Wildman–Crippen MR) is 113 cm³/mol. The van der Waals surface area contributed by atoms with Gasteiger partial charge in [-0.1, -0.05) is 30.3 Å². The fraction of sp³-hybridized carbons (Fsp3) is 0.261. The number of aromatic nitrogens is 1. The van der Waals surface area contributed by atoms with E-state index in [2.05, 4.69) is 5.32 Å². The molecule has 1 amide bonds. The fourth-order valence-corrected chi connectivity index (χ4v) is 3.62.